The fraction of sp³-hybridized carbons (Fsp3) is 0.625. The van der Waals surface area contributed by atoms with Crippen LogP contribution < -0.4 is 5.32 Å². The summed E-state index contributed by atoms with van der Waals surface area (Å²) in [6.07, 6.45) is 2.96. The van der Waals surface area contributed by atoms with Crippen molar-refractivity contribution in [3.8, 4) is 0 Å². The SMILES string of the molecule is CNC(C1CCOC1C)C1CC1c1ccccc1. The average Bonchev–Trinajstić information content (AvgIpc) is 3.08. The number of rotatable bonds is 4. The van der Waals surface area contributed by atoms with Gasteiger partial charge in [0.05, 0.1) is 6.10 Å². The maximum Gasteiger partial charge on any atom is 0.0590 e. The molecule has 1 aliphatic carbocycles. The first kappa shape index (κ1) is 12.2. The molecule has 0 amide bonds. The van der Waals surface area contributed by atoms with E-state index in [1.807, 2.05) is 0 Å². The maximum absolute atomic E-state index is 5.73. The second kappa shape index (κ2) is 5.02. The van der Waals surface area contributed by atoms with Crippen molar-refractivity contribution in [2.45, 2.75) is 37.8 Å². The Labute approximate surface area is 110 Å². The molecule has 1 saturated carbocycles. The number of hydrogen-bond donors (Lipinski definition) is 1. The van der Waals surface area contributed by atoms with Crippen molar-refractivity contribution in [2.24, 2.45) is 11.8 Å². The molecule has 5 unspecified atom stereocenters. The lowest BCUT2D eigenvalue weighted by Crippen LogP contribution is -2.39. The molecule has 1 heterocycles. The Morgan fingerprint density at radius 3 is 2.61 bits per heavy atom. The van der Waals surface area contributed by atoms with Crippen molar-refractivity contribution in [1.82, 2.24) is 5.32 Å². The fourth-order valence-corrected chi connectivity index (χ4v) is 3.66. The van der Waals surface area contributed by atoms with Crippen LogP contribution >= 0.6 is 0 Å². The molecule has 1 aliphatic heterocycles. The minimum atomic E-state index is 0.416. The molecule has 0 bridgehead atoms. The molecule has 5 atom stereocenters. The summed E-state index contributed by atoms with van der Waals surface area (Å²) in [7, 11) is 2.11. The second-order valence-electron chi connectivity index (χ2n) is 5.76. The summed E-state index contributed by atoms with van der Waals surface area (Å²) in [6.45, 7) is 3.16. The van der Waals surface area contributed by atoms with Crippen LogP contribution in [0, 0.1) is 11.8 Å². The Hall–Kier alpha value is -0.860. The maximum atomic E-state index is 5.73. The minimum Gasteiger partial charge on any atom is -0.378 e. The Balaban J connectivity index is 1.68. The number of nitrogens with one attached hydrogen (secondary N) is 1. The molecule has 0 radical (unpaired) electrons. The van der Waals surface area contributed by atoms with E-state index in [0.717, 1.165) is 18.4 Å². The smallest absolute Gasteiger partial charge is 0.0590 e. The van der Waals surface area contributed by atoms with E-state index >= 15 is 0 Å². The lowest BCUT2D eigenvalue weighted by Gasteiger charge is -2.26. The third-order valence-corrected chi connectivity index (χ3v) is 4.76. The van der Waals surface area contributed by atoms with E-state index in [-0.39, 0.29) is 0 Å². The molecule has 1 saturated heterocycles. The minimum absolute atomic E-state index is 0.416. The highest BCUT2D eigenvalue weighted by Gasteiger charge is 2.47. The van der Waals surface area contributed by atoms with Crippen LogP contribution in [0.2, 0.25) is 0 Å². The molecule has 1 N–H and O–H groups in total. The predicted molar refractivity (Wildman–Crippen MR) is 73.7 cm³/mol. The summed E-state index contributed by atoms with van der Waals surface area (Å²) in [4.78, 5) is 0. The van der Waals surface area contributed by atoms with E-state index < -0.39 is 0 Å². The second-order valence-corrected chi connectivity index (χ2v) is 5.76. The van der Waals surface area contributed by atoms with Gasteiger partial charge in [0, 0.05) is 18.6 Å². The van der Waals surface area contributed by atoms with Gasteiger partial charge in [-0.2, -0.15) is 0 Å². The molecule has 18 heavy (non-hydrogen) atoms. The lowest BCUT2D eigenvalue weighted by atomic mass is 9.88. The Bertz CT molecular complexity index is 391. The third kappa shape index (κ3) is 2.19. The highest BCUT2D eigenvalue weighted by atomic mass is 16.5. The molecule has 2 aliphatic rings. The quantitative estimate of drug-likeness (QED) is 0.880. The van der Waals surface area contributed by atoms with Gasteiger partial charge in [-0.15, -0.1) is 0 Å². The van der Waals surface area contributed by atoms with Gasteiger partial charge in [0.25, 0.3) is 0 Å². The van der Waals surface area contributed by atoms with E-state index in [0.29, 0.717) is 18.1 Å². The normalized spacial score (nSPS) is 36.6. The van der Waals surface area contributed by atoms with Crippen LogP contribution in [0.3, 0.4) is 0 Å². The zero-order valence-electron chi connectivity index (χ0n) is 11.3. The molecule has 0 spiro atoms. The zero-order valence-corrected chi connectivity index (χ0v) is 11.3. The summed E-state index contributed by atoms with van der Waals surface area (Å²) in [5, 5.41) is 3.56. The van der Waals surface area contributed by atoms with Crippen LogP contribution in [0.5, 0.6) is 0 Å². The molecule has 1 aromatic carbocycles. The van der Waals surface area contributed by atoms with E-state index in [2.05, 4.69) is 49.6 Å². The molecule has 2 heteroatoms. The molecule has 2 nitrogen and oxygen atoms in total. The van der Waals surface area contributed by atoms with Crippen LogP contribution in [0.25, 0.3) is 0 Å². The van der Waals surface area contributed by atoms with Crippen molar-refractivity contribution in [3.05, 3.63) is 35.9 Å². The zero-order chi connectivity index (χ0) is 12.5. The van der Waals surface area contributed by atoms with E-state index in [4.69, 9.17) is 4.74 Å². The lowest BCUT2D eigenvalue weighted by molar-refractivity contribution is 0.0934. The number of benzene rings is 1. The van der Waals surface area contributed by atoms with Gasteiger partial charge < -0.3 is 10.1 Å². The molecular weight excluding hydrogens is 222 g/mol. The van der Waals surface area contributed by atoms with Crippen molar-refractivity contribution in [2.75, 3.05) is 13.7 Å². The molecule has 1 aromatic rings. The van der Waals surface area contributed by atoms with Crippen molar-refractivity contribution in [1.29, 1.82) is 0 Å². The summed E-state index contributed by atoms with van der Waals surface area (Å²) in [5.41, 5.74) is 1.51. The van der Waals surface area contributed by atoms with Gasteiger partial charge in [0.1, 0.15) is 0 Å². The number of hydrogen-bond acceptors (Lipinski definition) is 2. The molecule has 3 rings (SSSR count). The Kier molecular flexibility index (Phi) is 3.40. The van der Waals surface area contributed by atoms with Crippen molar-refractivity contribution < 1.29 is 4.74 Å². The van der Waals surface area contributed by atoms with Crippen molar-refractivity contribution in [3.63, 3.8) is 0 Å². The number of ether oxygens (including phenoxy) is 1. The molecule has 98 valence electrons. The first-order valence-electron chi connectivity index (χ1n) is 7.15. The van der Waals surface area contributed by atoms with Gasteiger partial charge >= 0.3 is 0 Å². The summed E-state index contributed by atoms with van der Waals surface area (Å²) >= 11 is 0. The highest BCUT2D eigenvalue weighted by Crippen LogP contribution is 2.52. The van der Waals surface area contributed by atoms with Gasteiger partial charge in [-0.05, 0) is 44.2 Å². The van der Waals surface area contributed by atoms with Gasteiger partial charge in [-0.25, -0.2) is 0 Å². The van der Waals surface area contributed by atoms with Crippen LogP contribution in [0.15, 0.2) is 30.3 Å². The Morgan fingerprint density at radius 1 is 1.22 bits per heavy atom. The Morgan fingerprint density at radius 2 is 2.00 bits per heavy atom. The van der Waals surface area contributed by atoms with Gasteiger partial charge in [0.2, 0.25) is 0 Å². The molecule has 2 fully saturated rings. The van der Waals surface area contributed by atoms with Crippen LogP contribution in [0.1, 0.15) is 31.2 Å². The van der Waals surface area contributed by atoms with Gasteiger partial charge in [-0.1, -0.05) is 30.3 Å². The predicted octanol–water partition coefficient (Wildman–Crippen LogP) is 2.80. The summed E-state index contributed by atoms with van der Waals surface area (Å²) in [6, 6.07) is 11.6. The third-order valence-electron chi connectivity index (χ3n) is 4.76. The largest absolute Gasteiger partial charge is 0.378 e. The monoisotopic (exact) mass is 245 g/mol. The molecular formula is C16H23NO. The van der Waals surface area contributed by atoms with E-state index in [9.17, 15) is 0 Å². The van der Waals surface area contributed by atoms with E-state index in [1.54, 1.807) is 0 Å². The first-order valence-corrected chi connectivity index (χ1v) is 7.15. The van der Waals surface area contributed by atoms with Crippen LogP contribution in [-0.4, -0.2) is 25.8 Å². The molecule has 0 aromatic heterocycles. The first-order chi connectivity index (χ1) is 8.81. The summed E-state index contributed by atoms with van der Waals surface area (Å²) in [5.74, 6) is 2.25. The topological polar surface area (TPSA) is 21.3 Å². The van der Waals surface area contributed by atoms with E-state index in [1.165, 1.54) is 18.4 Å². The van der Waals surface area contributed by atoms with Gasteiger partial charge in [0.15, 0.2) is 0 Å². The van der Waals surface area contributed by atoms with Crippen LogP contribution in [0.4, 0.5) is 0 Å². The summed E-state index contributed by atoms with van der Waals surface area (Å²) < 4.78 is 5.73. The fourth-order valence-electron chi connectivity index (χ4n) is 3.66. The highest BCUT2D eigenvalue weighted by molar-refractivity contribution is 5.27. The van der Waals surface area contributed by atoms with Crippen LogP contribution in [-0.2, 0) is 4.74 Å². The average molecular weight is 245 g/mol. The standard InChI is InChI=1S/C16H23NO/c1-11-13(8-9-18-11)16(17-2)15-10-14(15)12-6-4-3-5-7-12/h3-7,11,13-17H,8-10H2,1-2H3. The van der Waals surface area contributed by atoms with Crippen molar-refractivity contribution >= 4 is 0 Å². The van der Waals surface area contributed by atoms with Gasteiger partial charge in [-0.3, -0.25) is 0 Å².